The molecule has 0 unspecified atom stereocenters. The second kappa shape index (κ2) is 7.18. The first kappa shape index (κ1) is 16.1. The summed E-state index contributed by atoms with van der Waals surface area (Å²) in [6.07, 6.45) is 1.91. The Morgan fingerprint density at radius 1 is 1.17 bits per heavy atom. The van der Waals surface area contributed by atoms with Crippen molar-refractivity contribution in [3.63, 3.8) is 0 Å². The Kier molecular flexibility index (Phi) is 4.81. The van der Waals surface area contributed by atoms with Crippen molar-refractivity contribution in [1.82, 2.24) is 14.8 Å². The molecule has 1 heterocycles. The molecule has 0 bridgehead atoms. The van der Waals surface area contributed by atoms with Gasteiger partial charge in [-0.2, -0.15) is 0 Å². The molecule has 7 heteroatoms. The fraction of sp³-hybridized carbons (Fsp3) is 0.118. The minimum Gasteiger partial charge on any atom is -0.508 e. The van der Waals surface area contributed by atoms with E-state index in [1.54, 1.807) is 30.6 Å². The summed E-state index contributed by atoms with van der Waals surface area (Å²) in [5.74, 6) is 0.0875. The van der Waals surface area contributed by atoms with Gasteiger partial charge in [0.25, 0.3) is 0 Å². The molecule has 6 nitrogen and oxygen atoms in total. The van der Waals surface area contributed by atoms with Crippen LogP contribution in [-0.2, 0) is 18.3 Å². The van der Waals surface area contributed by atoms with Crippen LogP contribution in [0.4, 0.5) is 5.69 Å². The zero-order valence-corrected chi connectivity index (χ0v) is 13.8. The van der Waals surface area contributed by atoms with Crippen LogP contribution in [0.15, 0.2) is 64.9 Å². The molecule has 24 heavy (non-hydrogen) atoms. The highest BCUT2D eigenvalue weighted by atomic mass is 32.2. The van der Waals surface area contributed by atoms with E-state index in [4.69, 9.17) is 0 Å². The van der Waals surface area contributed by atoms with E-state index in [-0.39, 0.29) is 18.1 Å². The lowest BCUT2D eigenvalue weighted by molar-refractivity contribution is -0.115. The molecular formula is C17H16N4O2S. The van der Waals surface area contributed by atoms with E-state index in [0.29, 0.717) is 0 Å². The van der Waals surface area contributed by atoms with Crippen LogP contribution in [0.1, 0.15) is 5.56 Å². The van der Waals surface area contributed by atoms with Crippen molar-refractivity contribution in [2.24, 2.45) is 7.05 Å². The number of nitrogens with one attached hydrogen (secondary N) is 1. The summed E-state index contributed by atoms with van der Waals surface area (Å²) in [5, 5.41) is 20.8. The molecule has 0 saturated carbocycles. The molecule has 122 valence electrons. The van der Waals surface area contributed by atoms with Gasteiger partial charge in [-0.25, -0.2) is 0 Å². The zero-order chi connectivity index (χ0) is 16.9. The Morgan fingerprint density at radius 3 is 2.50 bits per heavy atom. The SMILES string of the molecule is Cn1cnnc1Sc1ccc(NC(=O)Cc2ccc(O)cc2)cc1. The van der Waals surface area contributed by atoms with Gasteiger partial charge in [-0.3, -0.25) is 4.79 Å². The van der Waals surface area contributed by atoms with Crippen LogP contribution in [0.2, 0.25) is 0 Å². The van der Waals surface area contributed by atoms with Crippen molar-refractivity contribution in [2.45, 2.75) is 16.5 Å². The van der Waals surface area contributed by atoms with Crippen LogP contribution >= 0.6 is 11.8 Å². The quantitative estimate of drug-likeness (QED) is 0.746. The molecule has 2 N–H and O–H groups in total. The van der Waals surface area contributed by atoms with E-state index in [0.717, 1.165) is 21.3 Å². The molecule has 1 amide bonds. The Balaban J connectivity index is 1.58. The minimum absolute atomic E-state index is 0.102. The second-order valence-electron chi connectivity index (χ2n) is 5.24. The van der Waals surface area contributed by atoms with Crippen molar-refractivity contribution >= 4 is 23.4 Å². The summed E-state index contributed by atoms with van der Waals surface area (Å²) in [7, 11) is 1.89. The third kappa shape index (κ3) is 4.14. The number of anilines is 1. The number of phenolic OH excluding ortho intramolecular Hbond substituents is 1. The predicted molar refractivity (Wildman–Crippen MR) is 92.0 cm³/mol. The van der Waals surface area contributed by atoms with Crippen LogP contribution in [-0.4, -0.2) is 25.8 Å². The third-order valence-electron chi connectivity index (χ3n) is 3.32. The van der Waals surface area contributed by atoms with Crippen molar-refractivity contribution in [2.75, 3.05) is 5.32 Å². The average molecular weight is 340 g/mol. The van der Waals surface area contributed by atoms with E-state index in [2.05, 4.69) is 15.5 Å². The molecule has 3 aromatic rings. The van der Waals surface area contributed by atoms with Gasteiger partial charge in [-0.1, -0.05) is 12.1 Å². The fourth-order valence-corrected chi connectivity index (χ4v) is 2.84. The summed E-state index contributed by atoms with van der Waals surface area (Å²) in [6.45, 7) is 0. The van der Waals surface area contributed by atoms with Crippen molar-refractivity contribution in [3.05, 3.63) is 60.4 Å². The van der Waals surface area contributed by atoms with Gasteiger partial charge >= 0.3 is 0 Å². The molecular weight excluding hydrogens is 324 g/mol. The summed E-state index contributed by atoms with van der Waals surface area (Å²) in [4.78, 5) is 13.1. The highest BCUT2D eigenvalue weighted by Crippen LogP contribution is 2.26. The normalized spacial score (nSPS) is 10.5. The Morgan fingerprint density at radius 2 is 1.88 bits per heavy atom. The first-order chi connectivity index (χ1) is 11.6. The number of aromatic nitrogens is 3. The Hall–Kier alpha value is -2.80. The molecule has 0 aliphatic rings. The van der Waals surface area contributed by atoms with Crippen molar-refractivity contribution in [1.29, 1.82) is 0 Å². The number of hydrogen-bond acceptors (Lipinski definition) is 5. The van der Waals surface area contributed by atoms with E-state index in [1.807, 2.05) is 35.9 Å². The van der Waals surface area contributed by atoms with Gasteiger partial charge in [-0.15, -0.1) is 10.2 Å². The highest BCUT2D eigenvalue weighted by molar-refractivity contribution is 7.99. The molecule has 3 rings (SSSR count). The number of benzene rings is 2. The maximum atomic E-state index is 12.1. The minimum atomic E-state index is -0.102. The molecule has 0 aliphatic carbocycles. The fourth-order valence-electron chi connectivity index (χ4n) is 2.08. The van der Waals surface area contributed by atoms with Crippen molar-refractivity contribution in [3.8, 4) is 5.75 Å². The number of nitrogens with zero attached hydrogens (tertiary/aromatic N) is 3. The first-order valence-electron chi connectivity index (χ1n) is 7.30. The van der Waals surface area contributed by atoms with Crippen molar-refractivity contribution < 1.29 is 9.90 Å². The third-order valence-corrected chi connectivity index (χ3v) is 4.38. The van der Waals surface area contributed by atoms with Gasteiger partial charge in [0, 0.05) is 17.6 Å². The lowest BCUT2D eigenvalue weighted by atomic mass is 10.1. The maximum Gasteiger partial charge on any atom is 0.228 e. The van der Waals surface area contributed by atoms with E-state index >= 15 is 0 Å². The number of hydrogen-bond donors (Lipinski definition) is 2. The molecule has 2 aromatic carbocycles. The van der Waals surface area contributed by atoms with Crippen LogP contribution in [0, 0.1) is 0 Å². The average Bonchev–Trinajstić information content (AvgIpc) is 2.96. The predicted octanol–water partition coefficient (Wildman–Crippen LogP) is 2.85. The Bertz CT molecular complexity index is 829. The summed E-state index contributed by atoms with van der Waals surface area (Å²) in [5.41, 5.74) is 1.58. The maximum absolute atomic E-state index is 12.1. The number of carbonyl (C=O) groups is 1. The lowest BCUT2D eigenvalue weighted by Crippen LogP contribution is -2.14. The molecule has 1 aromatic heterocycles. The molecule has 0 aliphatic heterocycles. The smallest absolute Gasteiger partial charge is 0.228 e. The van der Waals surface area contributed by atoms with E-state index in [1.165, 1.54) is 11.8 Å². The molecule has 0 saturated heterocycles. The summed E-state index contributed by atoms with van der Waals surface area (Å²) >= 11 is 1.51. The number of amides is 1. The van der Waals surface area contributed by atoms with Crippen LogP contribution < -0.4 is 5.32 Å². The lowest BCUT2D eigenvalue weighted by Gasteiger charge is -2.07. The van der Waals surface area contributed by atoms with Gasteiger partial charge in [0.2, 0.25) is 5.91 Å². The van der Waals surface area contributed by atoms with E-state index in [9.17, 15) is 9.90 Å². The molecule has 0 spiro atoms. The monoisotopic (exact) mass is 340 g/mol. The van der Waals surface area contributed by atoms with Gasteiger partial charge in [-0.05, 0) is 53.7 Å². The van der Waals surface area contributed by atoms with Crippen LogP contribution in [0.25, 0.3) is 0 Å². The second-order valence-corrected chi connectivity index (χ2v) is 6.28. The van der Waals surface area contributed by atoms with Crippen LogP contribution in [0.3, 0.4) is 0 Å². The van der Waals surface area contributed by atoms with Crippen LogP contribution in [0.5, 0.6) is 5.75 Å². The summed E-state index contributed by atoms with van der Waals surface area (Å²) in [6, 6.07) is 14.2. The number of aryl methyl sites for hydroxylation is 1. The number of carbonyl (C=O) groups excluding carboxylic acids is 1. The topological polar surface area (TPSA) is 80.0 Å². The Labute approximate surface area is 143 Å². The molecule has 0 radical (unpaired) electrons. The van der Waals surface area contributed by atoms with Gasteiger partial charge < -0.3 is 15.0 Å². The highest BCUT2D eigenvalue weighted by Gasteiger charge is 2.06. The van der Waals surface area contributed by atoms with Gasteiger partial charge in [0.05, 0.1) is 6.42 Å². The first-order valence-corrected chi connectivity index (χ1v) is 8.11. The largest absolute Gasteiger partial charge is 0.508 e. The van der Waals surface area contributed by atoms with Gasteiger partial charge in [0.15, 0.2) is 5.16 Å². The standard InChI is InChI=1S/C17H16N4O2S/c1-21-11-18-20-17(21)24-15-8-4-13(5-9-15)19-16(23)10-12-2-6-14(22)7-3-12/h2-9,11,22H,10H2,1H3,(H,19,23). The number of rotatable bonds is 5. The summed E-state index contributed by atoms with van der Waals surface area (Å²) < 4.78 is 1.85. The molecule has 0 fully saturated rings. The van der Waals surface area contributed by atoms with E-state index < -0.39 is 0 Å². The number of aromatic hydroxyl groups is 1. The number of phenols is 1. The van der Waals surface area contributed by atoms with Gasteiger partial charge in [0.1, 0.15) is 12.1 Å². The molecule has 0 atom stereocenters. The zero-order valence-electron chi connectivity index (χ0n) is 13.0.